The smallest absolute Gasteiger partial charge is 0.339 e. The summed E-state index contributed by atoms with van der Waals surface area (Å²) in [7, 11) is 0. The Morgan fingerprint density at radius 3 is 1.20 bits per heavy atom. The Kier molecular flexibility index (Phi) is 10.2. The van der Waals surface area contributed by atoms with Gasteiger partial charge in [0.1, 0.15) is 6.61 Å². The van der Waals surface area contributed by atoms with E-state index >= 15 is 0 Å². The van der Waals surface area contributed by atoms with Gasteiger partial charge >= 0.3 is 23.9 Å². The van der Waals surface area contributed by atoms with E-state index in [-0.39, 0.29) is 17.7 Å². The number of ether oxygens (including phenoxy) is 4. The van der Waals surface area contributed by atoms with Crippen molar-refractivity contribution in [1.82, 2.24) is 0 Å². The first-order chi connectivity index (χ1) is 22.1. The van der Waals surface area contributed by atoms with E-state index in [1.807, 2.05) is 27.7 Å². The van der Waals surface area contributed by atoms with Crippen molar-refractivity contribution in [2.45, 2.75) is 50.6 Å². The molecule has 5 rings (SSSR count). The third kappa shape index (κ3) is 8.03. The fourth-order valence-corrected chi connectivity index (χ4v) is 6.11. The Labute approximate surface area is 272 Å². The van der Waals surface area contributed by atoms with E-state index < -0.39 is 46.8 Å². The molecule has 1 saturated heterocycles. The van der Waals surface area contributed by atoms with E-state index in [2.05, 4.69) is 0 Å². The molecule has 1 aliphatic heterocycles. The predicted octanol–water partition coefficient (Wildman–Crippen LogP) is 6.83. The number of aryl methyl sites for hydroxylation is 4. The molecular formula is C37H34O8S. The van der Waals surface area contributed by atoms with Crippen LogP contribution < -0.4 is 0 Å². The third-order valence-electron chi connectivity index (χ3n) is 7.50. The van der Waals surface area contributed by atoms with Crippen LogP contribution in [0.2, 0.25) is 0 Å². The molecule has 4 aromatic rings. The van der Waals surface area contributed by atoms with Gasteiger partial charge in [-0.1, -0.05) is 70.8 Å². The van der Waals surface area contributed by atoms with E-state index in [9.17, 15) is 19.2 Å². The number of esters is 4. The highest BCUT2D eigenvalue weighted by Crippen LogP contribution is 2.40. The summed E-state index contributed by atoms with van der Waals surface area (Å²) in [6, 6.07) is 27.4. The number of carbonyl (C=O) groups excluding carboxylic acids is 4. The van der Waals surface area contributed by atoms with Crippen molar-refractivity contribution >= 4 is 35.6 Å². The average molecular weight is 639 g/mol. The van der Waals surface area contributed by atoms with Crippen LogP contribution in [0.5, 0.6) is 0 Å². The molecule has 0 radical (unpaired) electrons. The summed E-state index contributed by atoms with van der Waals surface area (Å²) in [6.07, 6.45) is -2.35. The van der Waals surface area contributed by atoms with Crippen LogP contribution in [0.4, 0.5) is 0 Å². The highest BCUT2D eigenvalue weighted by Gasteiger charge is 2.52. The minimum absolute atomic E-state index is 0.208. The van der Waals surface area contributed by atoms with Crippen LogP contribution in [-0.2, 0) is 18.9 Å². The molecule has 1 heterocycles. The topological polar surface area (TPSA) is 105 Å². The van der Waals surface area contributed by atoms with Crippen molar-refractivity contribution in [2.24, 2.45) is 0 Å². The quantitative estimate of drug-likeness (QED) is 0.144. The van der Waals surface area contributed by atoms with Gasteiger partial charge in [0.05, 0.1) is 27.5 Å². The van der Waals surface area contributed by atoms with Gasteiger partial charge in [0, 0.05) is 0 Å². The zero-order chi connectivity index (χ0) is 32.8. The van der Waals surface area contributed by atoms with Crippen molar-refractivity contribution < 1.29 is 38.1 Å². The molecule has 9 heteroatoms. The maximum absolute atomic E-state index is 13.4. The van der Waals surface area contributed by atoms with Crippen LogP contribution >= 0.6 is 11.8 Å². The summed E-state index contributed by atoms with van der Waals surface area (Å²) in [5, 5.41) is -0.740. The Bertz CT molecular complexity index is 1700. The Hall–Kier alpha value is -4.89. The summed E-state index contributed by atoms with van der Waals surface area (Å²) in [6.45, 7) is 7.40. The summed E-state index contributed by atoms with van der Waals surface area (Å²) in [5.74, 6) is -2.56. The molecule has 1 aliphatic rings. The second kappa shape index (κ2) is 14.5. The lowest BCUT2D eigenvalue weighted by Gasteiger charge is -2.25. The fourth-order valence-electron chi connectivity index (χ4n) is 4.74. The molecule has 0 amide bonds. The maximum Gasteiger partial charge on any atom is 0.339 e. The van der Waals surface area contributed by atoms with Gasteiger partial charge < -0.3 is 18.9 Å². The van der Waals surface area contributed by atoms with Crippen LogP contribution in [0.15, 0.2) is 97.1 Å². The molecular weight excluding hydrogens is 604 g/mol. The van der Waals surface area contributed by atoms with E-state index in [4.69, 9.17) is 18.9 Å². The number of hydrogen-bond acceptors (Lipinski definition) is 9. The van der Waals surface area contributed by atoms with Crippen LogP contribution in [0.1, 0.15) is 63.7 Å². The highest BCUT2D eigenvalue weighted by molar-refractivity contribution is 8.00. The lowest BCUT2D eigenvalue weighted by Crippen LogP contribution is -2.42. The fraction of sp³-hybridized carbons (Fsp3) is 0.243. The van der Waals surface area contributed by atoms with E-state index in [0.717, 1.165) is 34.0 Å². The Morgan fingerprint density at radius 2 is 0.804 bits per heavy atom. The van der Waals surface area contributed by atoms with Gasteiger partial charge in [-0.15, -0.1) is 11.8 Å². The van der Waals surface area contributed by atoms with Gasteiger partial charge in [0.25, 0.3) is 0 Å². The first-order valence-electron chi connectivity index (χ1n) is 14.8. The molecule has 0 aliphatic carbocycles. The van der Waals surface area contributed by atoms with Crippen LogP contribution in [-0.4, -0.2) is 53.4 Å². The minimum Gasteiger partial charge on any atom is -0.461 e. The van der Waals surface area contributed by atoms with Crippen LogP contribution in [0.3, 0.4) is 0 Å². The summed E-state index contributed by atoms with van der Waals surface area (Å²) < 4.78 is 23.5. The second-order valence-electron chi connectivity index (χ2n) is 11.3. The largest absolute Gasteiger partial charge is 0.461 e. The lowest BCUT2D eigenvalue weighted by molar-refractivity contribution is -0.0607. The number of thioether (sulfide) groups is 1. The molecule has 0 N–H and O–H groups in total. The molecule has 0 bridgehead atoms. The van der Waals surface area contributed by atoms with Crippen molar-refractivity contribution in [3.63, 3.8) is 0 Å². The van der Waals surface area contributed by atoms with Gasteiger partial charge in [-0.05, 0) is 76.2 Å². The van der Waals surface area contributed by atoms with E-state index in [1.165, 1.54) is 0 Å². The van der Waals surface area contributed by atoms with Gasteiger partial charge in [-0.2, -0.15) is 0 Å². The summed E-state index contributed by atoms with van der Waals surface area (Å²) in [4.78, 5) is 52.9. The molecule has 1 unspecified atom stereocenters. The summed E-state index contributed by atoms with van der Waals surface area (Å²) >= 11 is 1.10. The standard InChI is InChI=1S/C37H34O8S/c1-22-5-13-26(14-6-22)33(38)42-21-30-31(43-34(39)27-15-7-23(2)8-16-27)32(44-35(40)28-17-9-24(3)10-18-28)37(46-30)45-36(41)29-19-11-25(4)12-20-29/h5-20,30-32,37H,21H2,1-4H3/t30-,31-,32+,37?/m0/s1. The highest BCUT2D eigenvalue weighted by atomic mass is 32.2. The predicted molar refractivity (Wildman–Crippen MR) is 174 cm³/mol. The molecule has 0 saturated carbocycles. The van der Waals surface area contributed by atoms with Crippen molar-refractivity contribution in [2.75, 3.05) is 6.61 Å². The van der Waals surface area contributed by atoms with Gasteiger partial charge in [-0.25, -0.2) is 19.2 Å². The molecule has 0 aromatic heterocycles. The maximum atomic E-state index is 13.4. The second-order valence-corrected chi connectivity index (χ2v) is 12.6. The number of benzene rings is 4. The average Bonchev–Trinajstić information content (AvgIpc) is 3.35. The van der Waals surface area contributed by atoms with E-state index in [0.29, 0.717) is 11.1 Å². The molecule has 4 aromatic carbocycles. The molecule has 46 heavy (non-hydrogen) atoms. The molecule has 8 nitrogen and oxygen atoms in total. The number of rotatable bonds is 9. The van der Waals surface area contributed by atoms with Gasteiger partial charge in [0.2, 0.25) is 0 Å². The van der Waals surface area contributed by atoms with Gasteiger partial charge in [-0.3, -0.25) is 0 Å². The lowest BCUT2D eigenvalue weighted by atomic mass is 10.1. The first kappa shape index (κ1) is 32.5. The van der Waals surface area contributed by atoms with E-state index in [1.54, 1.807) is 97.1 Å². The minimum atomic E-state index is -1.22. The zero-order valence-electron chi connectivity index (χ0n) is 25.9. The molecule has 0 spiro atoms. The number of carbonyl (C=O) groups is 4. The first-order valence-corrected chi connectivity index (χ1v) is 15.7. The van der Waals surface area contributed by atoms with Crippen molar-refractivity contribution in [1.29, 1.82) is 0 Å². The third-order valence-corrected chi connectivity index (χ3v) is 8.89. The van der Waals surface area contributed by atoms with Crippen LogP contribution in [0, 0.1) is 27.7 Å². The molecule has 1 fully saturated rings. The van der Waals surface area contributed by atoms with Gasteiger partial charge in [0.15, 0.2) is 17.6 Å². The SMILES string of the molecule is Cc1ccc(C(=O)OC[C@@H]2SC(OC(=O)c3ccc(C)cc3)[C@H](OC(=O)c3ccc(C)cc3)[C@H]2OC(=O)c2ccc(C)cc2)cc1. The van der Waals surface area contributed by atoms with Crippen LogP contribution in [0.25, 0.3) is 0 Å². The van der Waals surface area contributed by atoms with Crippen molar-refractivity contribution in [3.05, 3.63) is 142 Å². The molecule has 236 valence electrons. The number of hydrogen-bond donors (Lipinski definition) is 0. The molecule has 4 atom stereocenters. The summed E-state index contributed by atoms with van der Waals surface area (Å²) in [5.41, 5.74) is 4.01. The monoisotopic (exact) mass is 638 g/mol. The van der Waals surface area contributed by atoms with Crippen molar-refractivity contribution in [3.8, 4) is 0 Å². The normalized spacial score (nSPS) is 18.8. The Balaban J connectivity index is 1.45. The Morgan fingerprint density at radius 1 is 0.478 bits per heavy atom. The zero-order valence-corrected chi connectivity index (χ0v) is 26.7.